The van der Waals surface area contributed by atoms with E-state index < -0.39 is 0 Å². The largest absolute Gasteiger partial charge is 0.326 e. The molecule has 0 saturated heterocycles. The summed E-state index contributed by atoms with van der Waals surface area (Å²) in [6, 6.07) is 0. The van der Waals surface area contributed by atoms with E-state index in [0.717, 1.165) is 23.5 Å². The summed E-state index contributed by atoms with van der Waals surface area (Å²) < 4.78 is 0. The Morgan fingerprint density at radius 2 is 2.00 bits per heavy atom. The smallest absolute Gasteiger partial charge is 0.224 e. The third-order valence-corrected chi connectivity index (χ3v) is 6.49. The average molecular weight is 297 g/mol. The molecule has 0 aromatic carbocycles. The van der Waals surface area contributed by atoms with Crippen LogP contribution in [0.4, 0.5) is 0 Å². The molecule has 1 amide bonds. The Bertz CT molecular complexity index is 568. The van der Waals surface area contributed by atoms with E-state index in [2.05, 4.69) is 23.5 Å². The minimum Gasteiger partial charge on any atom is -0.326 e. The fraction of sp³-hybridized carbons (Fsp3) is 0.650. The van der Waals surface area contributed by atoms with Crippen molar-refractivity contribution in [3.8, 4) is 0 Å². The lowest BCUT2D eigenvalue weighted by molar-refractivity contribution is -0.120. The Hall–Kier alpha value is -1.31. The Morgan fingerprint density at radius 1 is 1.14 bits per heavy atom. The molecule has 2 fully saturated rings. The van der Waals surface area contributed by atoms with Gasteiger partial charge in [-0.25, -0.2) is 0 Å². The number of rotatable bonds is 2. The number of amides is 1. The number of hydrogen-bond acceptors (Lipinski definition) is 1. The summed E-state index contributed by atoms with van der Waals surface area (Å²) in [7, 11) is 0. The van der Waals surface area contributed by atoms with E-state index in [9.17, 15) is 4.79 Å². The summed E-state index contributed by atoms with van der Waals surface area (Å²) in [4.78, 5) is 11.8. The quantitative estimate of drug-likeness (QED) is 0.799. The van der Waals surface area contributed by atoms with Gasteiger partial charge in [0.05, 0.1) is 0 Å². The average Bonchev–Trinajstić information content (AvgIpc) is 2.97. The third-order valence-electron chi connectivity index (χ3n) is 6.49. The number of carbonyl (C=O) groups excluding carboxylic acids is 1. The van der Waals surface area contributed by atoms with Crippen molar-refractivity contribution >= 4 is 5.91 Å². The van der Waals surface area contributed by atoms with Gasteiger partial charge in [0.15, 0.2) is 0 Å². The SMILES string of the molecule is CCC(=O)NC1=C2C(=CCC3C2CCC2CCCCC23)C=C1. The molecule has 2 saturated carbocycles. The van der Waals surface area contributed by atoms with E-state index in [1.165, 1.54) is 56.1 Å². The molecule has 4 atom stereocenters. The van der Waals surface area contributed by atoms with Crippen molar-refractivity contribution in [2.24, 2.45) is 23.7 Å². The van der Waals surface area contributed by atoms with Crippen LogP contribution in [0.25, 0.3) is 0 Å². The molecule has 22 heavy (non-hydrogen) atoms. The van der Waals surface area contributed by atoms with E-state index in [1.54, 1.807) is 0 Å². The minimum absolute atomic E-state index is 0.141. The van der Waals surface area contributed by atoms with Crippen LogP contribution in [0.1, 0.15) is 58.3 Å². The molecule has 0 spiro atoms. The zero-order chi connectivity index (χ0) is 15.1. The maximum absolute atomic E-state index is 11.8. The predicted molar refractivity (Wildman–Crippen MR) is 89.0 cm³/mol. The first-order valence-electron chi connectivity index (χ1n) is 9.20. The Balaban J connectivity index is 1.64. The van der Waals surface area contributed by atoms with Crippen LogP contribution < -0.4 is 5.32 Å². The fourth-order valence-corrected chi connectivity index (χ4v) is 5.47. The van der Waals surface area contributed by atoms with Crippen molar-refractivity contribution in [1.29, 1.82) is 0 Å². The second kappa shape index (κ2) is 5.72. The predicted octanol–water partition coefficient (Wildman–Crippen LogP) is 4.50. The molecule has 4 rings (SSSR count). The molecule has 2 heteroatoms. The van der Waals surface area contributed by atoms with Crippen LogP contribution in [0, 0.1) is 23.7 Å². The topological polar surface area (TPSA) is 29.1 Å². The summed E-state index contributed by atoms with van der Waals surface area (Å²) in [5, 5.41) is 3.15. The van der Waals surface area contributed by atoms with Crippen LogP contribution in [0.2, 0.25) is 0 Å². The summed E-state index contributed by atoms with van der Waals surface area (Å²) in [6.45, 7) is 1.92. The lowest BCUT2D eigenvalue weighted by Crippen LogP contribution is -2.39. The Labute approximate surface area is 133 Å². The first kappa shape index (κ1) is 14.3. The van der Waals surface area contributed by atoms with E-state index in [1.807, 2.05) is 6.92 Å². The van der Waals surface area contributed by atoms with Gasteiger partial charge in [-0.3, -0.25) is 4.79 Å². The molecular formula is C20H27NO. The molecule has 0 radical (unpaired) electrons. The second-order valence-electron chi connectivity index (χ2n) is 7.51. The van der Waals surface area contributed by atoms with Crippen molar-refractivity contribution in [3.63, 3.8) is 0 Å². The van der Waals surface area contributed by atoms with Gasteiger partial charge in [0, 0.05) is 12.1 Å². The molecule has 1 N–H and O–H groups in total. The van der Waals surface area contributed by atoms with E-state index >= 15 is 0 Å². The molecule has 118 valence electrons. The highest BCUT2D eigenvalue weighted by molar-refractivity contribution is 5.79. The summed E-state index contributed by atoms with van der Waals surface area (Å²) >= 11 is 0. The maximum atomic E-state index is 11.8. The highest BCUT2D eigenvalue weighted by atomic mass is 16.1. The van der Waals surface area contributed by atoms with E-state index in [4.69, 9.17) is 0 Å². The molecule has 0 heterocycles. The molecule has 4 unspecified atom stereocenters. The number of allylic oxidation sites excluding steroid dienone is 5. The van der Waals surface area contributed by atoms with Crippen molar-refractivity contribution in [3.05, 3.63) is 35.1 Å². The van der Waals surface area contributed by atoms with Gasteiger partial charge in [-0.2, -0.15) is 0 Å². The normalized spacial score (nSPS) is 36.3. The van der Waals surface area contributed by atoms with Gasteiger partial charge in [0.1, 0.15) is 0 Å². The van der Waals surface area contributed by atoms with Crippen molar-refractivity contribution in [2.45, 2.75) is 58.3 Å². The molecule has 4 aliphatic carbocycles. The van der Waals surface area contributed by atoms with Gasteiger partial charge in [0.25, 0.3) is 0 Å². The standard InChI is InChI=1S/C20H27NO/c1-2-19(22)21-18-12-9-14-8-10-16-15-6-4-3-5-13(15)7-11-17(16)20(14)18/h8-9,12-13,15-17H,2-7,10-11H2,1H3,(H,21,22). The van der Waals surface area contributed by atoms with Gasteiger partial charge in [-0.1, -0.05) is 38.3 Å². The van der Waals surface area contributed by atoms with Gasteiger partial charge in [-0.15, -0.1) is 0 Å². The van der Waals surface area contributed by atoms with Crippen LogP contribution in [0.3, 0.4) is 0 Å². The van der Waals surface area contributed by atoms with Crippen LogP contribution in [0.15, 0.2) is 35.1 Å². The molecule has 0 aromatic heterocycles. The first-order valence-corrected chi connectivity index (χ1v) is 9.20. The Morgan fingerprint density at radius 3 is 2.86 bits per heavy atom. The highest BCUT2D eigenvalue weighted by Crippen LogP contribution is 2.54. The highest BCUT2D eigenvalue weighted by Gasteiger charge is 2.44. The molecule has 0 aliphatic heterocycles. The molecular weight excluding hydrogens is 270 g/mol. The number of hydrogen-bond donors (Lipinski definition) is 1. The Kier molecular flexibility index (Phi) is 3.71. The van der Waals surface area contributed by atoms with E-state index in [0.29, 0.717) is 12.3 Å². The van der Waals surface area contributed by atoms with E-state index in [-0.39, 0.29) is 5.91 Å². The van der Waals surface area contributed by atoms with Crippen molar-refractivity contribution < 1.29 is 4.79 Å². The molecule has 2 nitrogen and oxygen atoms in total. The van der Waals surface area contributed by atoms with Crippen LogP contribution in [-0.4, -0.2) is 5.91 Å². The van der Waals surface area contributed by atoms with Crippen LogP contribution in [0.5, 0.6) is 0 Å². The fourth-order valence-electron chi connectivity index (χ4n) is 5.47. The molecule has 0 bridgehead atoms. The number of carbonyl (C=O) groups is 1. The van der Waals surface area contributed by atoms with Gasteiger partial charge in [0.2, 0.25) is 5.91 Å². The van der Waals surface area contributed by atoms with Crippen LogP contribution in [-0.2, 0) is 4.79 Å². The number of nitrogens with one attached hydrogen (secondary N) is 1. The second-order valence-corrected chi connectivity index (χ2v) is 7.51. The summed E-state index contributed by atoms with van der Waals surface area (Å²) in [6.07, 6.45) is 17.1. The zero-order valence-electron chi connectivity index (χ0n) is 13.6. The van der Waals surface area contributed by atoms with Crippen LogP contribution >= 0.6 is 0 Å². The monoisotopic (exact) mass is 297 g/mol. The maximum Gasteiger partial charge on any atom is 0.224 e. The number of fused-ring (bicyclic) bond motifs is 5. The summed E-state index contributed by atoms with van der Waals surface area (Å²) in [5.41, 5.74) is 3.95. The van der Waals surface area contributed by atoms with Gasteiger partial charge in [-0.05, 0) is 66.6 Å². The van der Waals surface area contributed by atoms with Gasteiger partial charge >= 0.3 is 0 Å². The molecule has 4 aliphatic rings. The summed E-state index contributed by atoms with van der Waals surface area (Å²) in [5.74, 6) is 3.56. The van der Waals surface area contributed by atoms with Gasteiger partial charge < -0.3 is 5.32 Å². The lowest BCUT2D eigenvalue weighted by Gasteiger charge is -2.48. The molecule has 0 aromatic rings. The lowest BCUT2D eigenvalue weighted by atomic mass is 9.57. The minimum atomic E-state index is 0.141. The van der Waals surface area contributed by atoms with Crippen molar-refractivity contribution in [2.75, 3.05) is 0 Å². The third kappa shape index (κ3) is 2.28. The first-order chi connectivity index (χ1) is 10.8. The van der Waals surface area contributed by atoms with Crippen molar-refractivity contribution in [1.82, 2.24) is 5.32 Å². The zero-order valence-corrected chi connectivity index (χ0v) is 13.6.